The Morgan fingerprint density at radius 1 is 0.900 bits per heavy atom. The summed E-state index contributed by atoms with van der Waals surface area (Å²) in [4.78, 5) is 31.0. The number of benzene rings is 2. The molecule has 0 aliphatic carbocycles. The van der Waals surface area contributed by atoms with Gasteiger partial charge in [0.2, 0.25) is 0 Å². The number of urea groups is 1. The Kier molecular flexibility index (Phi) is 7.26. The van der Waals surface area contributed by atoms with Crippen molar-refractivity contribution in [2.75, 3.05) is 62.5 Å². The van der Waals surface area contributed by atoms with Gasteiger partial charge in [0.05, 0.1) is 24.2 Å². The lowest BCUT2D eigenvalue weighted by Crippen LogP contribution is -2.37. The van der Waals surface area contributed by atoms with Crippen molar-refractivity contribution in [2.45, 2.75) is 6.54 Å². The van der Waals surface area contributed by atoms with Gasteiger partial charge < -0.3 is 29.7 Å². The number of rotatable bonds is 7. The largest absolute Gasteiger partial charge is 0.378 e. The summed E-state index contributed by atoms with van der Waals surface area (Å²) in [6, 6.07) is 17.2. The summed E-state index contributed by atoms with van der Waals surface area (Å²) in [6.45, 7) is 4.76. The van der Waals surface area contributed by atoms with Crippen molar-refractivity contribution in [1.29, 1.82) is 0 Å². The van der Waals surface area contributed by atoms with Gasteiger partial charge >= 0.3 is 6.03 Å². The van der Waals surface area contributed by atoms with Gasteiger partial charge in [0.1, 0.15) is 5.82 Å². The molecule has 0 radical (unpaired) electrons. The minimum atomic E-state index is -0.323. The third-order valence-corrected chi connectivity index (χ3v) is 7.03. The van der Waals surface area contributed by atoms with Crippen LogP contribution in [0, 0.1) is 0 Å². The van der Waals surface area contributed by atoms with Gasteiger partial charge in [-0.25, -0.2) is 14.8 Å². The molecule has 2 amide bonds. The lowest BCUT2D eigenvalue weighted by Gasteiger charge is -2.29. The third kappa shape index (κ3) is 5.45. The second-order valence-electron chi connectivity index (χ2n) is 10.1. The molecule has 2 aromatic carbocycles. The fourth-order valence-electron chi connectivity index (χ4n) is 4.93. The van der Waals surface area contributed by atoms with Crippen LogP contribution in [0.4, 0.5) is 22.0 Å². The van der Waals surface area contributed by atoms with E-state index >= 15 is 0 Å². The first kappa shape index (κ1) is 25.7. The van der Waals surface area contributed by atoms with Gasteiger partial charge in [-0.2, -0.15) is 0 Å². The SMILES string of the molecule is CN(C)CCn1ccc2c3nc(-c4ccc(NC(=O)Nc5ccncc5)cc4)nc(N4CCOCC4)c3ccc21. The standard InChI is InChI=1S/C30H32N8O2/c1-36(2)15-16-37-14-11-24-26(37)8-7-25-27(24)34-28(35-29(25)38-17-19-40-20-18-38)21-3-5-22(6-4-21)32-30(39)33-23-9-12-31-13-10-23/h3-14H,15-20H2,1-2H3,(H2,31,32,33,39). The molecule has 6 rings (SSSR count). The minimum Gasteiger partial charge on any atom is -0.378 e. The van der Waals surface area contributed by atoms with Crippen LogP contribution in [-0.2, 0) is 11.3 Å². The molecular formula is C30H32N8O2. The zero-order chi connectivity index (χ0) is 27.5. The zero-order valence-electron chi connectivity index (χ0n) is 22.7. The van der Waals surface area contributed by atoms with Crippen molar-refractivity contribution in [1.82, 2.24) is 24.4 Å². The normalized spacial score (nSPS) is 13.7. The number of likely N-dealkylation sites (N-methyl/N-ethyl adjacent to an activating group) is 1. The first-order chi connectivity index (χ1) is 19.5. The molecule has 0 spiro atoms. The first-order valence-corrected chi connectivity index (χ1v) is 13.4. The lowest BCUT2D eigenvalue weighted by atomic mass is 10.1. The first-order valence-electron chi connectivity index (χ1n) is 13.4. The molecule has 3 aromatic heterocycles. The van der Waals surface area contributed by atoms with Crippen LogP contribution >= 0.6 is 0 Å². The maximum absolute atomic E-state index is 12.4. The summed E-state index contributed by atoms with van der Waals surface area (Å²) in [5.74, 6) is 1.57. The van der Waals surface area contributed by atoms with E-state index in [0.29, 0.717) is 30.4 Å². The van der Waals surface area contributed by atoms with E-state index in [2.05, 4.69) is 68.5 Å². The van der Waals surface area contributed by atoms with E-state index in [-0.39, 0.29) is 6.03 Å². The van der Waals surface area contributed by atoms with Crippen LogP contribution in [-0.4, -0.2) is 77.4 Å². The lowest BCUT2D eigenvalue weighted by molar-refractivity contribution is 0.122. The van der Waals surface area contributed by atoms with E-state index in [1.807, 2.05) is 24.3 Å². The average molecular weight is 537 g/mol. The van der Waals surface area contributed by atoms with Crippen LogP contribution in [0.15, 0.2) is 73.2 Å². The van der Waals surface area contributed by atoms with E-state index in [9.17, 15) is 4.79 Å². The Bertz CT molecular complexity index is 1630. The highest BCUT2D eigenvalue weighted by atomic mass is 16.5. The smallest absolute Gasteiger partial charge is 0.323 e. The highest BCUT2D eigenvalue weighted by Crippen LogP contribution is 2.33. The van der Waals surface area contributed by atoms with E-state index < -0.39 is 0 Å². The number of amides is 2. The maximum atomic E-state index is 12.4. The van der Waals surface area contributed by atoms with E-state index in [1.54, 1.807) is 24.5 Å². The number of morpholine rings is 1. The van der Waals surface area contributed by atoms with E-state index in [1.165, 1.54) is 0 Å². The molecular weight excluding hydrogens is 504 g/mol. The number of pyridine rings is 1. The van der Waals surface area contributed by atoms with Gasteiger partial charge in [-0.05, 0) is 68.7 Å². The van der Waals surface area contributed by atoms with Crippen molar-refractivity contribution in [2.24, 2.45) is 0 Å². The monoisotopic (exact) mass is 536 g/mol. The van der Waals surface area contributed by atoms with Crippen LogP contribution in [0.5, 0.6) is 0 Å². The van der Waals surface area contributed by atoms with Crippen LogP contribution in [0.25, 0.3) is 33.2 Å². The van der Waals surface area contributed by atoms with Crippen molar-refractivity contribution in [3.05, 3.63) is 73.2 Å². The highest BCUT2D eigenvalue weighted by Gasteiger charge is 2.20. The van der Waals surface area contributed by atoms with Gasteiger partial charge in [-0.3, -0.25) is 4.98 Å². The molecule has 0 saturated carbocycles. The fraction of sp³-hybridized carbons (Fsp3) is 0.267. The summed E-state index contributed by atoms with van der Waals surface area (Å²) in [5.41, 5.74) is 4.31. The average Bonchev–Trinajstić information content (AvgIpc) is 3.40. The minimum absolute atomic E-state index is 0.323. The molecule has 1 fully saturated rings. The van der Waals surface area contributed by atoms with Gasteiger partial charge in [0.15, 0.2) is 5.82 Å². The number of hydrogen-bond donors (Lipinski definition) is 2. The third-order valence-electron chi connectivity index (χ3n) is 7.03. The van der Waals surface area contributed by atoms with Crippen molar-refractivity contribution in [3.63, 3.8) is 0 Å². The molecule has 1 saturated heterocycles. The number of anilines is 3. The number of nitrogens with one attached hydrogen (secondary N) is 2. The predicted molar refractivity (Wildman–Crippen MR) is 159 cm³/mol. The Morgan fingerprint density at radius 2 is 1.62 bits per heavy atom. The molecule has 0 atom stereocenters. The Morgan fingerprint density at radius 3 is 2.35 bits per heavy atom. The van der Waals surface area contributed by atoms with Crippen LogP contribution in [0.2, 0.25) is 0 Å². The summed E-state index contributed by atoms with van der Waals surface area (Å²) >= 11 is 0. The molecule has 40 heavy (non-hydrogen) atoms. The topological polar surface area (TPSA) is 100 Å². The van der Waals surface area contributed by atoms with Crippen LogP contribution < -0.4 is 15.5 Å². The van der Waals surface area contributed by atoms with Crippen molar-refractivity contribution in [3.8, 4) is 11.4 Å². The van der Waals surface area contributed by atoms with E-state index in [0.717, 1.165) is 59.4 Å². The fourth-order valence-corrected chi connectivity index (χ4v) is 4.93. The van der Waals surface area contributed by atoms with Gasteiger partial charge in [-0.1, -0.05) is 0 Å². The number of ether oxygens (including phenoxy) is 1. The number of fused-ring (bicyclic) bond motifs is 3. The second kappa shape index (κ2) is 11.3. The number of carbonyl (C=O) groups is 1. The predicted octanol–water partition coefficient (Wildman–Crippen LogP) is 4.69. The summed E-state index contributed by atoms with van der Waals surface area (Å²) in [5, 5.41) is 7.82. The molecule has 4 heterocycles. The van der Waals surface area contributed by atoms with Crippen LogP contribution in [0.3, 0.4) is 0 Å². The van der Waals surface area contributed by atoms with Crippen molar-refractivity contribution >= 4 is 45.0 Å². The van der Waals surface area contributed by atoms with Gasteiger partial charge in [0, 0.05) is 72.5 Å². The van der Waals surface area contributed by atoms with Gasteiger partial charge in [-0.15, -0.1) is 0 Å². The maximum Gasteiger partial charge on any atom is 0.323 e. The summed E-state index contributed by atoms with van der Waals surface area (Å²) in [7, 11) is 4.17. The summed E-state index contributed by atoms with van der Waals surface area (Å²) in [6.07, 6.45) is 5.40. The molecule has 2 N–H and O–H groups in total. The molecule has 5 aromatic rings. The second-order valence-corrected chi connectivity index (χ2v) is 10.1. The quantitative estimate of drug-likeness (QED) is 0.311. The Balaban J connectivity index is 1.34. The number of carbonyl (C=O) groups excluding carboxylic acids is 1. The summed E-state index contributed by atoms with van der Waals surface area (Å²) < 4.78 is 7.90. The number of nitrogens with zero attached hydrogens (tertiary/aromatic N) is 6. The van der Waals surface area contributed by atoms with Gasteiger partial charge in [0.25, 0.3) is 0 Å². The Labute approximate surface area is 232 Å². The molecule has 1 aliphatic rings. The molecule has 0 bridgehead atoms. The molecule has 204 valence electrons. The molecule has 0 unspecified atom stereocenters. The molecule has 10 nitrogen and oxygen atoms in total. The highest BCUT2D eigenvalue weighted by molar-refractivity contribution is 6.08. The Hall–Kier alpha value is -4.54. The molecule has 10 heteroatoms. The zero-order valence-corrected chi connectivity index (χ0v) is 22.7. The van der Waals surface area contributed by atoms with Crippen LogP contribution in [0.1, 0.15) is 0 Å². The molecule has 1 aliphatic heterocycles. The van der Waals surface area contributed by atoms with Crippen molar-refractivity contribution < 1.29 is 9.53 Å². The van der Waals surface area contributed by atoms with E-state index in [4.69, 9.17) is 14.7 Å². The number of aromatic nitrogens is 4. The number of hydrogen-bond acceptors (Lipinski definition) is 7.